The number of carbonyl (C=O) groups is 1. The van der Waals surface area contributed by atoms with Gasteiger partial charge in [-0.1, -0.05) is 19.1 Å². The number of amides is 1. The van der Waals surface area contributed by atoms with Gasteiger partial charge in [-0.25, -0.2) is 4.98 Å². The van der Waals surface area contributed by atoms with Gasteiger partial charge in [-0.3, -0.25) is 9.78 Å². The number of aromatic nitrogens is 2. The summed E-state index contributed by atoms with van der Waals surface area (Å²) in [6, 6.07) is 7.97. The van der Waals surface area contributed by atoms with Gasteiger partial charge in [-0.05, 0) is 43.7 Å². The molecule has 0 atom stereocenters. The molecule has 0 unspecified atom stereocenters. The third kappa shape index (κ3) is 2.89. The first kappa shape index (κ1) is 14.0. The lowest BCUT2D eigenvalue weighted by Gasteiger charge is -2.33. The highest BCUT2D eigenvalue weighted by Crippen LogP contribution is 2.27. The van der Waals surface area contributed by atoms with Crippen molar-refractivity contribution in [3.8, 4) is 0 Å². The molecular formula is C17H21N3O. The maximum absolute atomic E-state index is 12.6. The minimum atomic E-state index is -0.0205. The topological polar surface area (TPSA) is 46.1 Å². The van der Waals surface area contributed by atoms with E-state index < -0.39 is 0 Å². The van der Waals surface area contributed by atoms with E-state index in [9.17, 15) is 4.79 Å². The van der Waals surface area contributed by atoms with Gasteiger partial charge in [0, 0.05) is 13.1 Å². The smallest absolute Gasteiger partial charge is 0.274 e. The summed E-state index contributed by atoms with van der Waals surface area (Å²) in [4.78, 5) is 23.2. The van der Waals surface area contributed by atoms with Gasteiger partial charge in [0.15, 0.2) is 0 Å². The van der Waals surface area contributed by atoms with Crippen molar-refractivity contribution < 1.29 is 4.79 Å². The highest BCUT2D eigenvalue weighted by Gasteiger charge is 2.26. The minimum Gasteiger partial charge on any atom is -0.337 e. The third-order valence-corrected chi connectivity index (χ3v) is 4.52. The summed E-state index contributed by atoms with van der Waals surface area (Å²) < 4.78 is 0. The molecule has 3 rings (SSSR count). The Morgan fingerprint density at radius 3 is 2.52 bits per heavy atom. The molecule has 0 aliphatic heterocycles. The number of fused-ring (bicyclic) bond motifs is 1. The number of carbonyl (C=O) groups excluding carboxylic acids is 1. The van der Waals surface area contributed by atoms with Crippen LogP contribution in [0.1, 0.15) is 43.1 Å². The molecule has 1 aromatic carbocycles. The first-order chi connectivity index (χ1) is 10.1. The molecule has 21 heavy (non-hydrogen) atoms. The van der Waals surface area contributed by atoms with Crippen LogP contribution in [0.3, 0.4) is 0 Å². The Morgan fingerprint density at radius 1 is 1.14 bits per heavy atom. The second kappa shape index (κ2) is 5.80. The van der Waals surface area contributed by atoms with Crippen LogP contribution in [0.15, 0.2) is 30.5 Å². The van der Waals surface area contributed by atoms with Crippen LogP contribution >= 0.6 is 0 Å². The predicted octanol–water partition coefficient (Wildman–Crippen LogP) is 3.28. The average Bonchev–Trinajstić information content (AvgIpc) is 2.54. The van der Waals surface area contributed by atoms with Gasteiger partial charge in [0.25, 0.3) is 5.91 Å². The van der Waals surface area contributed by atoms with E-state index in [0.717, 1.165) is 29.8 Å². The quantitative estimate of drug-likeness (QED) is 0.849. The molecule has 0 bridgehead atoms. The van der Waals surface area contributed by atoms with Crippen LogP contribution in [0.5, 0.6) is 0 Å². The molecule has 1 fully saturated rings. The monoisotopic (exact) mass is 283 g/mol. The Balaban J connectivity index is 1.79. The summed E-state index contributed by atoms with van der Waals surface area (Å²) in [7, 11) is 1.89. The van der Waals surface area contributed by atoms with E-state index in [1.165, 1.54) is 12.8 Å². The van der Waals surface area contributed by atoms with Crippen LogP contribution in [0, 0.1) is 5.92 Å². The van der Waals surface area contributed by atoms with Crippen molar-refractivity contribution in [2.45, 2.75) is 38.6 Å². The molecule has 0 saturated heterocycles. The number of nitrogens with zero attached hydrogens (tertiary/aromatic N) is 3. The third-order valence-electron chi connectivity index (χ3n) is 4.52. The fraction of sp³-hybridized carbons (Fsp3) is 0.471. The molecule has 4 nitrogen and oxygen atoms in total. The maximum atomic E-state index is 12.6. The van der Waals surface area contributed by atoms with Crippen molar-refractivity contribution in [1.29, 1.82) is 0 Å². The number of hydrogen-bond acceptors (Lipinski definition) is 3. The molecule has 1 aliphatic carbocycles. The Kier molecular flexibility index (Phi) is 3.86. The second-order valence-electron chi connectivity index (χ2n) is 6.07. The van der Waals surface area contributed by atoms with Gasteiger partial charge in [0.05, 0.1) is 17.2 Å². The number of para-hydroxylation sites is 2. The lowest BCUT2D eigenvalue weighted by atomic mass is 9.86. The molecule has 1 aromatic heterocycles. The fourth-order valence-electron chi connectivity index (χ4n) is 3.04. The zero-order valence-electron chi connectivity index (χ0n) is 12.6. The van der Waals surface area contributed by atoms with E-state index in [2.05, 4.69) is 16.9 Å². The summed E-state index contributed by atoms with van der Waals surface area (Å²) in [5, 5.41) is 0. The van der Waals surface area contributed by atoms with Crippen LogP contribution in [-0.4, -0.2) is 33.9 Å². The summed E-state index contributed by atoms with van der Waals surface area (Å²) in [6.07, 6.45) is 6.17. The number of hydrogen-bond donors (Lipinski definition) is 0. The molecule has 2 aromatic rings. The largest absolute Gasteiger partial charge is 0.337 e. The Morgan fingerprint density at radius 2 is 1.81 bits per heavy atom. The molecule has 1 aliphatic rings. The standard InChI is InChI=1S/C17H21N3O/c1-12-7-9-13(10-8-12)20(2)17(21)16-11-18-14-5-3-4-6-15(14)19-16/h3-6,11-13H,7-10H2,1-2H3. The van der Waals surface area contributed by atoms with E-state index in [1.807, 2.05) is 36.2 Å². The van der Waals surface area contributed by atoms with E-state index in [-0.39, 0.29) is 5.91 Å². The van der Waals surface area contributed by atoms with Crippen LogP contribution in [-0.2, 0) is 0 Å². The predicted molar refractivity (Wildman–Crippen MR) is 83.1 cm³/mol. The fourth-order valence-corrected chi connectivity index (χ4v) is 3.04. The molecule has 0 radical (unpaired) electrons. The number of rotatable bonds is 2. The summed E-state index contributed by atoms with van der Waals surface area (Å²) in [5.74, 6) is 0.762. The lowest BCUT2D eigenvalue weighted by Crippen LogP contribution is -2.39. The average molecular weight is 283 g/mol. The van der Waals surface area contributed by atoms with Crippen molar-refractivity contribution in [3.05, 3.63) is 36.2 Å². The lowest BCUT2D eigenvalue weighted by molar-refractivity contribution is 0.0673. The Labute approximate surface area is 125 Å². The molecule has 4 heteroatoms. The van der Waals surface area contributed by atoms with Gasteiger partial charge in [0.1, 0.15) is 5.69 Å². The van der Waals surface area contributed by atoms with Gasteiger partial charge < -0.3 is 4.90 Å². The molecule has 1 heterocycles. The first-order valence-electron chi connectivity index (χ1n) is 7.64. The summed E-state index contributed by atoms with van der Waals surface area (Å²) in [5.41, 5.74) is 2.03. The second-order valence-corrected chi connectivity index (χ2v) is 6.07. The Bertz CT molecular complexity index is 647. The maximum Gasteiger partial charge on any atom is 0.274 e. The summed E-state index contributed by atoms with van der Waals surface area (Å²) >= 11 is 0. The number of benzene rings is 1. The van der Waals surface area contributed by atoms with Crippen molar-refractivity contribution in [2.24, 2.45) is 5.92 Å². The zero-order chi connectivity index (χ0) is 14.8. The van der Waals surface area contributed by atoms with Crippen molar-refractivity contribution in [3.63, 3.8) is 0 Å². The van der Waals surface area contributed by atoms with Crippen molar-refractivity contribution in [2.75, 3.05) is 7.05 Å². The van der Waals surface area contributed by atoms with E-state index in [0.29, 0.717) is 11.7 Å². The molecule has 1 saturated carbocycles. The first-order valence-corrected chi connectivity index (χ1v) is 7.64. The highest BCUT2D eigenvalue weighted by molar-refractivity contribution is 5.93. The Hall–Kier alpha value is -1.97. The van der Waals surface area contributed by atoms with E-state index in [4.69, 9.17) is 0 Å². The van der Waals surface area contributed by atoms with E-state index >= 15 is 0 Å². The summed E-state index contributed by atoms with van der Waals surface area (Å²) in [6.45, 7) is 2.28. The van der Waals surface area contributed by atoms with Crippen molar-refractivity contribution in [1.82, 2.24) is 14.9 Å². The van der Waals surface area contributed by atoms with Crippen molar-refractivity contribution >= 4 is 16.9 Å². The van der Waals surface area contributed by atoms with Crippen LogP contribution in [0.2, 0.25) is 0 Å². The molecule has 0 N–H and O–H groups in total. The highest BCUT2D eigenvalue weighted by atomic mass is 16.2. The van der Waals surface area contributed by atoms with Crippen LogP contribution < -0.4 is 0 Å². The molecule has 110 valence electrons. The van der Waals surface area contributed by atoms with Crippen LogP contribution in [0.25, 0.3) is 11.0 Å². The van der Waals surface area contributed by atoms with Gasteiger partial charge in [-0.2, -0.15) is 0 Å². The zero-order valence-corrected chi connectivity index (χ0v) is 12.6. The normalized spacial score (nSPS) is 22.2. The molecule has 0 spiro atoms. The van der Waals surface area contributed by atoms with Gasteiger partial charge >= 0.3 is 0 Å². The SMILES string of the molecule is CC1CCC(N(C)C(=O)c2cnc3ccccc3n2)CC1. The van der Waals surface area contributed by atoms with E-state index in [1.54, 1.807) is 6.20 Å². The van der Waals surface area contributed by atoms with Gasteiger partial charge in [0.2, 0.25) is 0 Å². The molecular weight excluding hydrogens is 262 g/mol. The van der Waals surface area contributed by atoms with Crippen LogP contribution in [0.4, 0.5) is 0 Å². The minimum absolute atomic E-state index is 0.0205. The van der Waals surface area contributed by atoms with Gasteiger partial charge in [-0.15, -0.1) is 0 Å². The molecule has 1 amide bonds.